The van der Waals surface area contributed by atoms with Gasteiger partial charge in [-0.15, -0.1) is 0 Å². The summed E-state index contributed by atoms with van der Waals surface area (Å²) < 4.78 is 0. The maximum atomic E-state index is 12.2. The molecule has 7 nitrogen and oxygen atoms in total. The normalized spacial score (nSPS) is 17.5. The van der Waals surface area contributed by atoms with Crippen LogP contribution in [0, 0.1) is 21.4 Å². The van der Waals surface area contributed by atoms with E-state index in [1.54, 1.807) is 4.90 Å². The van der Waals surface area contributed by atoms with Gasteiger partial charge in [0.15, 0.2) is 0 Å². The first-order valence-electron chi connectivity index (χ1n) is 6.20. The maximum absolute atomic E-state index is 12.2. The molecule has 0 aromatic carbocycles. The fraction of sp³-hybridized carbons (Fsp3) is 0.500. The number of piperazine rings is 1. The monoisotopic (exact) mass is 294 g/mol. The van der Waals surface area contributed by atoms with Gasteiger partial charge in [0.2, 0.25) is 0 Å². The molecule has 1 fully saturated rings. The molecule has 0 aliphatic carbocycles. The number of hydrogen-bond donors (Lipinski definition) is 0. The molecule has 1 aromatic heterocycles. The number of amides is 1. The number of nitriles is 1. The standard InChI is InChI=1S/C12H14N4O3S/c1-9(8-13)14-4-6-15(7-5-14)12(17)10-2-3-11(20-10)16(18)19/h2-3,9H,4-7H2,1H3. The average molecular weight is 294 g/mol. The molecule has 1 saturated heterocycles. The Morgan fingerprint density at radius 2 is 2.10 bits per heavy atom. The van der Waals surface area contributed by atoms with Gasteiger partial charge < -0.3 is 4.90 Å². The highest BCUT2D eigenvalue weighted by molar-refractivity contribution is 7.17. The molecule has 0 N–H and O–H groups in total. The van der Waals surface area contributed by atoms with Crippen molar-refractivity contribution in [3.05, 3.63) is 27.1 Å². The molecule has 0 saturated carbocycles. The maximum Gasteiger partial charge on any atom is 0.324 e. The molecular formula is C12H14N4O3S. The molecule has 1 unspecified atom stereocenters. The Hall–Kier alpha value is -1.98. The molecule has 106 valence electrons. The smallest absolute Gasteiger partial charge is 0.324 e. The van der Waals surface area contributed by atoms with Gasteiger partial charge in [0.05, 0.1) is 21.9 Å². The van der Waals surface area contributed by atoms with Gasteiger partial charge in [0.25, 0.3) is 5.91 Å². The van der Waals surface area contributed by atoms with Gasteiger partial charge in [-0.05, 0) is 13.0 Å². The zero-order valence-electron chi connectivity index (χ0n) is 11.0. The third-order valence-electron chi connectivity index (χ3n) is 3.32. The molecule has 1 aliphatic heterocycles. The summed E-state index contributed by atoms with van der Waals surface area (Å²) in [6, 6.07) is 4.87. The van der Waals surface area contributed by atoms with E-state index in [0.717, 1.165) is 11.3 Å². The number of rotatable bonds is 3. The quantitative estimate of drug-likeness (QED) is 0.619. The first-order chi connectivity index (χ1) is 9.52. The van der Waals surface area contributed by atoms with Crippen LogP contribution in [0.25, 0.3) is 0 Å². The van der Waals surface area contributed by atoms with Crippen LogP contribution in [0.2, 0.25) is 0 Å². The summed E-state index contributed by atoms with van der Waals surface area (Å²) in [4.78, 5) is 26.4. The third-order valence-corrected chi connectivity index (χ3v) is 4.34. The minimum absolute atomic E-state index is 0.0231. The Bertz CT molecular complexity index is 557. The SMILES string of the molecule is CC(C#N)N1CCN(C(=O)c2ccc([N+](=O)[O-])s2)CC1. The summed E-state index contributed by atoms with van der Waals surface area (Å²) in [6.45, 7) is 4.20. The van der Waals surface area contributed by atoms with Crippen LogP contribution in [0.5, 0.6) is 0 Å². The van der Waals surface area contributed by atoms with Crippen LogP contribution in [0.3, 0.4) is 0 Å². The van der Waals surface area contributed by atoms with Crippen LogP contribution in [-0.4, -0.2) is 52.9 Å². The average Bonchev–Trinajstić information content (AvgIpc) is 2.96. The minimum Gasteiger partial charge on any atom is -0.335 e. The first kappa shape index (κ1) is 14.4. The van der Waals surface area contributed by atoms with Gasteiger partial charge in [0.1, 0.15) is 0 Å². The highest BCUT2D eigenvalue weighted by Gasteiger charge is 2.26. The van der Waals surface area contributed by atoms with Crippen LogP contribution in [-0.2, 0) is 0 Å². The first-order valence-corrected chi connectivity index (χ1v) is 7.01. The van der Waals surface area contributed by atoms with Crippen molar-refractivity contribution in [2.75, 3.05) is 26.2 Å². The fourth-order valence-corrected chi connectivity index (χ4v) is 2.88. The second kappa shape index (κ2) is 5.98. The molecule has 8 heteroatoms. The van der Waals surface area contributed by atoms with Crippen molar-refractivity contribution in [1.82, 2.24) is 9.80 Å². The lowest BCUT2D eigenvalue weighted by Crippen LogP contribution is -2.50. The van der Waals surface area contributed by atoms with E-state index in [0.29, 0.717) is 31.1 Å². The number of carbonyl (C=O) groups is 1. The number of thiophene rings is 1. The van der Waals surface area contributed by atoms with E-state index in [1.807, 2.05) is 11.8 Å². The third kappa shape index (κ3) is 2.95. The van der Waals surface area contributed by atoms with Crippen molar-refractivity contribution in [2.45, 2.75) is 13.0 Å². The second-order valence-corrected chi connectivity index (χ2v) is 5.59. The topological polar surface area (TPSA) is 90.5 Å². The van der Waals surface area contributed by atoms with Gasteiger partial charge in [-0.2, -0.15) is 5.26 Å². The van der Waals surface area contributed by atoms with Crippen LogP contribution < -0.4 is 0 Å². The van der Waals surface area contributed by atoms with Gasteiger partial charge in [-0.3, -0.25) is 19.8 Å². The van der Waals surface area contributed by atoms with E-state index in [9.17, 15) is 14.9 Å². The zero-order chi connectivity index (χ0) is 14.7. The van der Waals surface area contributed by atoms with Crippen molar-refractivity contribution < 1.29 is 9.72 Å². The minimum atomic E-state index is -0.492. The van der Waals surface area contributed by atoms with E-state index in [4.69, 9.17) is 5.26 Å². The summed E-state index contributed by atoms with van der Waals surface area (Å²) in [7, 11) is 0. The van der Waals surface area contributed by atoms with Crippen LogP contribution in [0.1, 0.15) is 16.6 Å². The lowest BCUT2D eigenvalue weighted by Gasteiger charge is -2.35. The van der Waals surface area contributed by atoms with Crippen molar-refractivity contribution in [3.8, 4) is 6.07 Å². The highest BCUT2D eigenvalue weighted by Crippen LogP contribution is 2.25. The van der Waals surface area contributed by atoms with E-state index >= 15 is 0 Å². The highest BCUT2D eigenvalue weighted by atomic mass is 32.1. The Kier molecular flexibility index (Phi) is 4.32. The summed E-state index contributed by atoms with van der Waals surface area (Å²) >= 11 is 0.898. The predicted molar refractivity (Wildman–Crippen MR) is 73.5 cm³/mol. The molecule has 1 aromatic rings. The van der Waals surface area contributed by atoms with Gasteiger partial charge in [0, 0.05) is 32.2 Å². The number of hydrogen-bond acceptors (Lipinski definition) is 6. The van der Waals surface area contributed by atoms with Crippen LogP contribution in [0.4, 0.5) is 5.00 Å². The van der Waals surface area contributed by atoms with E-state index in [2.05, 4.69) is 6.07 Å². The van der Waals surface area contributed by atoms with E-state index in [1.165, 1.54) is 12.1 Å². The fourth-order valence-electron chi connectivity index (χ4n) is 2.09. The summed E-state index contributed by atoms with van der Waals surface area (Å²) in [5.74, 6) is -0.174. The summed E-state index contributed by atoms with van der Waals surface area (Å²) in [5, 5.41) is 19.5. The van der Waals surface area contributed by atoms with Crippen LogP contribution in [0.15, 0.2) is 12.1 Å². The predicted octanol–water partition coefficient (Wildman–Crippen LogP) is 1.33. The van der Waals surface area contributed by atoms with Crippen molar-refractivity contribution in [3.63, 3.8) is 0 Å². The molecule has 2 rings (SSSR count). The van der Waals surface area contributed by atoms with Gasteiger partial charge >= 0.3 is 5.00 Å². The molecular weight excluding hydrogens is 280 g/mol. The van der Waals surface area contributed by atoms with Crippen molar-refractivity contribution in [2.24, 2.45) is 0 Å². The molecule has 2 heterocycles. The molecule has 0 spiro atoms. The molecule has 0 bridgehead atoms. The summed E-state index contributed by atoms with van der Waals surface area (Å²) in [5.41, 5.74) is 0. The lowest BCUT2D eigenvalue weighted by molar-refractivity contribution is -0.380. The number of nitro groups is 1. The van der Waals surface area contributed by atoms with E-state index in [-0.39, 0.29) is 17.0 Å². The second-order valence-electron chi connectivity index (χ2n) is 4.53. The Balaban J connectivity index is 1.98. The number of carbonyl (C=O) groups excluding carboxylic acids is 1. The van der Waals surface area contributed by atoms with Crippen LogP contribution >= 0.6 is 11.3 Å². The molecule has 1 amide bonds. The van der Waals surface area contributed by atoms with E-state index < -0.39 is 4.92 Å². The Morgan fingerprint density at radius 3 is 2.60 bits per heavy atom. The van der Waals surface area contributed by atoms with Crippen molar-refractivity contribution >= 4 is 22.2 Å². The zero-order valence-corrected chi connectivity index (χ0v) is 11.8. The Morgan fingerprint density at radius 1 is 1.45 bits per heavy atom. The lowest BCUT2D eigenvalue weighted by atomic mass is 10.2. The molecule has 0 radical (unpaired) electrons. The van der Waals surface area contributed by atoms with Gasteiger partial charge in [-0.1, -0.05) is 11.3 Å². The molecule has 20 heavy (non-hydrogen) atoms. The molecule has 1 aliphatic rings. The Labute approximate surface area is 120 Å². The largest absolute Gasteiger partial charge is 0.335 e. The number of nitrogens with zero attached hydrogens (tertiary/aromatic N) is 4. The van der Waals surface area contributed by atoms with Gasteiger partial charge in [-0.25, -0.2) is 0 Å². The van der Waals surface area contributed by atoms with Crippen molar-refractivity contribution in [1.29, 1.82) is 5.26 Å². The molecule has 1 atom stereocenters. The summed E-state index contributed by atoms with van der Waals surface area (Å²) in [6.07, 6.45) is 0.